The summed E-state index contributed by atoms with van der Waals surface area (Å²) in [4.78, 5) is 12.7. The van der Waals surface area contributed by atoms with Gasteiger partial charge in [-0.25, -0.2) is 4.39 Å². The molecule has 0 atom stereocenters. The summed E-state index contributed by atoms with van der Waals surface area (Å²) in [6.07, 6.45) is 0. The quantitative estimate of drug-likeness (QED) is 0.306. The monoisotopic (exact) mass is 491 g/mol. The van der Waals surface area contributed by atoms with E-state index in [4.69, 9.17) is 4.74 Å². The molecule has 0 aliphatic heterocycles. The molecule has 1 heterocycles. The van der Waals surface area contributed by atoms with E-state index in [1.165, 1.54) is 23.9 Å². The van der Waals surface area contributed by atoms with E-state index in [-0.39, 0.29) is 17.5 Å². The smallest absolute Gasteiger partial charge is 0.234 e. The molecule has 0 aliphatic carbocycles. The molecule has 0 fully saturated rings. The van der Waals surface area contributed by atoms with Gasteiger partial charge in [0.1, 0.15) is 11.6 Å². The Hall–Kier alpha value is -3.85. The van der Waals surface area contributed by atoms with Crippen molar-refractivity contribution in [1.29, 1.82) is 0 Å². The van der Waals surface area contributed by atoms with Crippen LogP contribution in [0.15, 0.2) is 71.9 Å². The second-order valence-electron chi connectivity index (χ2n) is 7.88. The maximum Gasteiger partial charge on any atom is 0.234 e. The molecule has 180 valence electrons. The average molecular weight is 492 g/mol. The molecule has 1 amide bonds. The summed E-state index contributed by atoms with van der Waals surface area (Å²) in [6, 6.07) is 19.5. The summed E-state index contributed by atoms with van der Waals surface area (Å²) < 4.78 is 20.5. The van der Waals surface area contributed by atoms with Crippen molar-refractivity contribution >= 4 is 29.0 Å². The fourth-order valence-corrected chi connectivity index (χ4v) is 4.24. The van der Waals surface area contributed by atoms with Crippen LogP contribution in [0.1, 0.15) is 17.0 Å². The van der Waals surface area contributed by atoms with E-state index in [0.717, 1.165) is 28.2 Å². The van der Waals surface area contributed by atoms with Gasteiger partial charge in [-0.05, 0) is 67.4 Å². The first kappa shape index (κ1) is 24.3. The molecule has 0 radical (unpaired) electrons. The van der Waals surface area contributed by atoms with Crippen LogP contribution in [0.5, 0.6) is 5.75 Å². The van der Waals surface area contributed by atoms with Gasteiger partial charge >= 0.3 is 0 Å². The normalized spacial score (nSPS) is 10.7. The first-order chi connectivity index (χ1) is 16.9. The number of rotatable bonds is 9. The van der Waals surface area contributed by atoms with Gasteiger partial charge in [-0.3, -0.25) is 9.36 Å². The molecule has 0 spiro atoms. The fourth-order valence-electron chi connectivity index (χ4n) is 3.47. The van der Waals surface area contributed by atoms with Gasteiger partial charge in [-0.15, -0.1) is 10.2 Å². The molecule has 35 heavy (non-hydrogen) atoms. The van der Waals surface area contributed by atoms with Crippen LogP contribution in [0.25, 0.3) is 5.69 Å². The SMILES string of the molecule is COc1cccc(-n2c(CNc3ccc(F)cc3)nnc2SCC(=O)Nc2cccc(C)c2C)c1. The average Bonchev–Trinajstić information content (AvgIpc) is 3.28. The number of ether oxygens (including phenoxy) is 1. The second kappa shape index (κ2) is 11.1. The van der Waals surface area contributed by atoms with Crippen LogP contribution in [0.3, 0.4) is 0 Å². The van der Waals surface area contributed by atoms with Crippen LogP contribution in [0.2, 0.25) is 0 Å². The molecule has 0 saturated carbocycles. The lowest BCUT2D eigenvalue weighted by Crippen LogP contribution is -2.16. The van der Waals surface area contributed by atoms with Crippen LogP contribution >= 0.6 is 11.8 Å². The molecule has 7 nitrogen and oxygen atoms in total. The lowest BCUT2D eigenvalue weighted by molar-refractivity contribution is -0.113. The highest BCUT2D eigenvalue weighted by atomic mass is 32.2. The first-order valence-electron chi connectivity index (χ1n) is 11.0. The minimum atomic E-state index is -0.298. The number of nitrogens with one attached hydrogen (secondary N) is 2. The third-order valence-electron chi connectivity index (χ3n) is 5.52. The van der Waals surface area contributed by atoms with Crippen molar-refractivity contribution in [2.75, 3.05) is 23.5 Å². The summed E-state index contributed by atoms with van der Waals surface area (Å²) in [6.45, 7) is 4.35. The van der Waals surface area contributed by atoms with Gasteiger partial charge in [0.15, 0.2) is 11.0 Å². The summed E-state index contributed by atoms with van der Waals surface area (Å²) in [7, 11) is 1.61. The number of hydrogen-bond acceptors (Lipinski definition) is 6. The number of anilines is 2. The predicted octanol–water partition coefficient (Wildman–Crippen LogP) is 5.37. The van der Waals surface area contributed by atoms with Gasteiger partial charge < -0.3 is 15.4 Å². The molecule has 4 aromatic rings. The van der Waals surface area contributed by atoms with Crippen molar-refractivity contribution < 1.29 is 13.9 Å². The van der Waals surface area contributed by atoms with Gasteiger partial charge in [-0.2, -0.15) is 0 Å². The molecule has 0 bridgehead atoms. The summed E-state index contributed by atoms with van der Waals surface area (Å²) >= 11 is 1.30. The highest BCUT2D eigenvalue weighted by Crippen LogP contribution is 2.26. The lowest BCUT2D eigenvalue weighted by Gasteiger charge is -2.13. The summed E-state index contributed by atoms with van der Waals surface area (Å²) in [5.41, 5.74) is 4.52. The Bertz CT molecular complexity index is 1320. The summed E-state index contributed by atoms with van der Waals surface area (Å²) in [5, 5.41) is 15.5. The largest absolute Gasteiger partial charge is 0.497 e. The van der Waals surface area contributed by atoms with Gasteiger partial charge in [0.2, 0.25) is 5.91 Å². The minimum absolute atomic E-state index is 0.130. The number of nitrogens with zero attached hydrogens (tertiary/aromatic N) is 3. The molecule has 0 unspecified atom stereocenters. The van der Waals surface area contributed by atoms with Crippen molar-refractivity contribution in [3.63, 3.8) is 0 Å². The third kappa shape index (κ3) is 5.99. The standard InChI is InChI=1S/C26H26FN5O2S/c1-17-6-4-9-23(18(17)2)29-25(33)16-35-26-31-30-24(15-28-20-12-10-19(27)11-13-20)32(26)21-7-5-8-22(14-21)34-3/h4-14,28H,15-16H2,1-3H3,(H,29,33). The molecule has 2 N–H and O–H groups in total. The van der Waals surface area contributed by atoms with E-state index < -0.39 is 0 Å². The molecule has 1 aromatic heterocycles. The van der Waals surface area contributed by atoms with Gasteiger partial charge in [-0.1, -0.05) is 30.0 Å². The number of halogens is 1. The van der Waals surface area contributed by atoms with Crippen molar-refractivity contribution in [2.24, 2.45) is 0 Å². The number of carbonyl (C=O) groups excluding carboxylic acids is 1. The van der Waals surface area contributed by atoms with Crippen molar-refractivity contribution in [2.45, 2.75) is 25.5 Å². The number of amides is 1. The number of thioether (sulfide) groups is 1. The minimum Gasteiger partial charge on any atom is -0.497 e. The number of hydrogen-bond donors (Lipinski definition) is 2. The Morgan fingerprint density at radius 3 is 2.60 bits per heavy atom. The number of aryl methyl sites for hydroxylation is 1. The summed E-state index contributed by atoms with van der Waals surface area (Å²) in [5.74, 6) is 1.07. The van der Waals surface area contributed by atoms with Gasteiger partial charge in [0.25, 0.3) is 0 Å². The molecule has 4 rings (SSSR count). The second-order valence-corrected chi connectivity index (χ2v) is 8.82. The van der Waals surface area contributed by atoms with Crippen LogP contribution in [0, 0.1) is 19.7 Å². The number of benzene rings is 3. The van der Waals surface area contributed by atoms with E-state index in [9.17, 15) is 9.18 Å². The Morgan fingerprint density at radius 1 is 1.06 bits per heavy atom. The zero-order valence-corrected chi connectivity index (χ0v) is 20.5. The van der Waals surface area contributed by atoms with E-state index >= 15 is 0 Å². The molecule has 0 saturated heterocycles. The van der Waals surface area contributed by atoms with Crippen LogP contribution in [-0.2, 0) is 11.3 Å². The predicted molar refractivity (Wildman–Crippen MR) is 137 cm³/mol. The molecular weight excluding hydrogens is 465 g/mol. The Morgan fingerprint density at radius 2 is 1.83 bits per heavy atom. The zero-order chi connectivity index (χ0) is 24.8. The molecule has 9 heteroatoms. The van der Waals surface area contributed by atoms with E-state index in [2.05, 4.69) is 20.8 Å². The van der Waals surface area contributed by atoms with Crippen molar-refractivity contribution in [3.8, 4) is 11.4 Å². The highest BCUT2D eigenvalue weighted by molar-refractivity contribution is 7.99. The van der Waals surface area contributed by atoms with E-state index in [1.807, 2.05) is 60.9 Å². The van der Waals surface area contributed by atoms with Crippen LogP contribution < -0.4 is 15.4 Å². The Labute approximate surface area is 207 Å². The topological polar surface area (TPSA) is 81.1 Å². The number of aromatic nitrogens is 3. The highest BCUT2D eigenvalue weighted by Gasteiger charge is 2.17. The Balaban J connectivity index is 1.54. The Kier molecular flexibility index (Phi) is 7.67. The number of carbonyl (C=O) groups is 1. The van der Waals surface area contributed by atoms with Crippen LogP contribution in [0.4, 0.5) is 15.8 Å². The third-order valence-corrected chi connectivity index (χ3v) is 6.45. The maximum atomic E-state index is 13.2. The molecule has 0 aliphatic rings. The van der Waals surface area contributed by atoms with Crippen LogP contribution in [-0.4, -0.2) is 33.5 Å². The first-order valence-corrected chi connectivity index (χ1v) is 12.0. The number of methoxy groups -OCH3 is 1. The van der Waals surface area contributed by atoms with Gasteiger partial charge in [0, 0.05) is 17.4 Å². The zero-order valence-electron chi connectivity index (χ0n) is 19.7. The fraction of sp³-hybridized carbons (Fsp3) is 0.192. The molecule has 3 aromatic carbocycles. The van der Waals surface area contributed by atoms with Crippen molar-refractivity contribution in [3.05, 3.63) is 89.5 Å². The van der Waals surface area contributed by atoms with E-state index in [0.29, 0.717) is 23.3 Å². The van der Waals surface area contributed by atoms with Crippen molar-refractivity contribution in [1.82, 2.24) is 14.8 Å². The van der Waals surface area contributed by atoms with Gasteiger partial charge in [0.05, 0.1) is 25.1 Å². The lowest BCUT2D eigenvalue weighted by atomic mass is 10.1. The maximum absolute atomic E-state index is 13.2. The van der Waals surface area contributed by atoms with E-state index in [1.54, 1.807) is 19.2 Å². The molecular formula is C26H26FN5O2S.